The summed E-state index contributed by atoms with van der Waals surface area (Å²) in [6.07, 6.45) is 0. The van der Waals surface area contributed by atoms with E-state index in [2.05, 4.69) is 40.0 Å². The molecule has 0 atom stereocenters. The highest BCUT2D eigenvalue weighted by Gasteiger charge is 2.05. The van der Waals surface area contributed by atoms with Crippen molar-refractivity contribution < 1.29 is 14.3 Å². The number of halogens is 1. The van der Waals surface area contributed by atoms with Gasteiger partial charge >= 0.3 is 0 Å². The Balaban J connectivity index is 1.73. The molecule has 2 aromatic rings. The molecule has 0 radical (unpaired) electrons. The Bertz CT molecular complexity index is 670. The van der Waals surface area contributed by atoms with Gasteiger partial charge in [-0.2, -0.15) is 0 Å². The summed E-state index contributed by atoms with van der Waals surface area (Å²) in [4.78, 5) is 14.3. The van der Waals surface area contributed by atoms with Crippen molar-refractivity contribution in [3.63, 3.8) is 0 Å². The Kier molecular flexibility index (Phi) is 8.44. The third-order valence-electron chi connectivity index (χ3n) is 3.89. The maximum atomic E-state index is 12.0. The van der Waals surface area contributed by atoms with Crippen LogP contribution in [0, 0.1) is 0 Å². The second-order valence-electron chi connectivity index (χ2n) is 5.69. The summed E-state index contributed by atoms with van der Waals surface area (Å²) < 4.78 is 12.2. The van der Waals surface area contributed by atoms with Gasteiger partial charge in [0, 0.05) is 16.7 Å². The van der Waals surface area contributed by atoms with E-state index in [-0.39, 0.29) is 12.5 Å². The smallest absolute Gasteiger partial charge is 0.262 e. The van der Waals surface area contributed by atoms with Crippen molar-refractivity contribution in [2.75, 3.05) is 38.2 Å². The molecule has 1 N–H and O–H groups in total. The Morgan fingerprint density at radius 3 is 2.15 bits per heavy atom. The van der Waals surface area contributed by atoms with Crippen LogP contribution in [0.3, 0.4) is 0 Å². The van der Waals surface area contributed by atoms with Crippen LogP contribution < -0.4 is 14.8 Å². The molecule has 0 bridgehead atoms. The number of hydrogen-bond acceptors (Lipinski definition) is 4. The molecule has 2 aromatic carbocycles. The van der Waals surface area contributed by atoms with Crippen molar-refractivity contribution in [3.8, 4) is 11.5 Å². The van der Waals surface area contributed by atoms with Gasteiger partial charge in [0.05, 0.1) is 0 Å². The molecule has 26 heavy (non-hydrogen) atoms. The van der Waals surface area contributed by atoms with Crippen LogP contribution in [0.4, 0.5) is 5.69 Å². The molecule has 0 aromatic heterocycles. The quantitative estimate of drug-likeness (QED) is 0.625. The average molecular weight is 421 g/mol. The van der Waals surface area contributed by atoms with Crippen molar-refractivity contribution in [2.45, 2.75) is 13.8 Å². The van der Waals surface area contributed by atoms with Gasteiger partial charge in [0.2, 0.25) is 0 Å². The zero-order chi connectivity index (χ0) is 18.8. The maximum Gasteiger partial charge on any atom is 0.262 e. The Morgan fingerprint density at radius 1 is 0.962 bits per heavy atom. The summed E-state index contributed by atoms with van der Waals surface area (Å²) in [5.74, 6) is 1.24. The largest absolute Gasteiger partial charge is 0.492 e. The number of ether oxygens (including phenoxy) is 2. The number of nitrogens with one attached hydrogen (secondary N) is 1. The minimum atomic E-state index is -0.205. The second kappa shape index (κ2) is 10.8. The average Bonchev–Trinajstić information content (AvgIpc) is 2.66. The lowest BCUT2D eigenvalue weighted by atomic mass is 10.3. The van der Waals surface area contributed by atoms with Crippen LogP contribution >= 0.6 is 15.9 Å². The summed E-state index contributed by atoms with van der Waals surface area (Å²) in [6.45, 7) is 7.83. The number of carbonyl (C=O) groups excluding carboxylic acids is 1. The highest BCUT2D eigenvalue weighted by molar-refractivity contribution is 9.10. The van der Waals surface area contributed by atoms with Gasteiger partial charge in [0.15, 0.2) is 6.61 Å². The van der Waals surface area contributed by atoms with Crippen LogP contribution in [-0.2, 0) is 4.79 Å². The summed E-state index contributed by atoms with van der Waals surface area (Å²) >= 11 is 3.36. The van der Waals surface area contributed by atoms with Gasteiger partial charge in [-0.3, -0.25) is 4.79 Å². The number of hydrogen-bond donors (Lipinski definition) is 1. The third-order valence-corrected chi connectivity index (χ3v) is 4.42. The predicted octanol–water partition coefficient (Wildman–Crippen LogP) is 4.19. The SMILES string of the molecule is CCN(CC)CCOc1ccc(NC(=O)COc2ccc(Br)cc2)cc1. The molecule has 0 fully saturated rings. The molecule has 140 valence electrons. The third kappa shape index (κ3) is 7.06. The number of carbonyl (C=O) groups is 1. The van der Waals surface area contributed by atoms with Crippen molar-refractivity contribution in [3.05, 3.63) is 53.0 Å². The van der Waals surface area contributed by atoms with Crippen molar-refractivity contribution in [2.24, 2.45) is 0 Å². The Morgan fingerprint density at radius 2 is 1.54 bits per heavy atom. The van der Waals surface area contributed by atoms with E-state index in [9.17, 15) is 4.79 Å². The zero-order valence-electron chi connectivity index (χ0n) is 15.2. The van der Waals surface area contributed by atoms with Crippen molar-refractivity contribution >= 4 is 27.5 Å². The fraction of sp³-hybridized carbons (Fsp3) is 0.350. The second-order valence-corrected chi connectivity index (χ2v) is 6.61. The van der Waals surface area contributed by atoms with E-state index >= 15 is 0 Å². The standard InChI is InChI=1S/C20H25BrN2O3/c1-3-23(4-2)13-14-25-18-11-7-17(8-12-18)22-20(24)15-26-19-9-5-16(21)6-10-19/h5-12H,3-4,13-15H2,1-2H3,(H,22,24). The van der Waals surface area contributed by atoms with E-state index in [0.29, 0.717) is 18.0 Å². The molecular formula is C20H25BrN2O3. The van der Waals surface area contributed by atoms with Crippen LogP contribution in [0.2, 0.25) is 0 Å². The van der Waals surface area contributed by atoms with E-state index in [1.807, 2.05) is 48.5 Å². The first kappa shape index (κ1) is 20.3. The molecule has 1 amide bonds. The number of amides is 1. The van der Waals surface area contributed by atoms with Crippen LogP contribution in [0.15, 0.2) is 53.0 Å². The number of nitrogens with zero attached hydrogens (tertiary/aromatic N) is 1. The number of likely N-dealkylation sites (N-methyl/N-ethyl adjacent to an activating group) is 1. The summed E-state index contributed by atoms with van der Waals surface area (Å²) in [5, 5.41) is 2.81. The van der Waals surface area contributed by atoms with Crippen LogP contribution in [0.25, 0.3) is 0 Å². The van der Waals surface area contributed by atoms with E-state index in [1.54, 1.807) is 0 Å². The molecule has 0 saturated heterocycles. The summed E-state index contributed by atoms with van der Waals surface area (Å²) in [7, 11) is 0. The molecular weight excluding hydrogens is 396 g/mol. The molecule has 0 heterocycles. The topological polar surface area (TPSA) is 50.8 Å². The Labute approximate surface area is 163 Å². The molecule has 2 rings (SSSR count). The van der Waals surface area contributed by atoms with Gasteiger partial charge in [0.25, 0.3) is 5.91 Å². The van der Waals surface area contributed by atoms with E-state index < -0.39 is 0 Å². The van der Waals surface area contributed by atoms with Crippen LogP contribution in [-0.4, -0.2) is 43.7 Å². The first-order chi connectivity index (χ1) is 12.6. The lowest BCUT2D eigenvalue weighted by Gasteiger charge is -2.18. The first-order valence-electron chi connectivity index (χ1n) is 8.74. The number of rotatable bonds is 10. The highest BCUT2D eigenvalue weighted by atomic mass is 79.9. The maximum absolute atomic E-state index is 12.0. The monoisotopic (exact) mass is 420 g/mol. The van der Waals surface area contributed by atoms with Gasteiger partial charge < -0.3 is 19.7 Å². The van der Waals surface area contributed by atoms with Gasteiger partial charge in [-0.05, 0) is 61.6 Å². The van der Waals surface area contributed by atoms with Crippen molar-refractivity contribution in [1.29, 1.82) is 0 Å². The molecule has 0 saturated carbocycles. The minimum absolute atomic E-state index is 0.0379. The van der Waals surface area contributed by atoms with Gasteiger partial charge in [0.1, 0.15) is 18.1 Å². The zero-order valence-corrected chi connectivity index (χ0v) is 16.8. The fourth-order valence-electron chi connectivity index (χ4n) is 2.34. The molecule has 0 aliphatic rings. The lowest BCUT2D eigenvalue weighted by Crippen LogP contribution is -2.27. The Hall–Kier alpha value is -2.05. The number of anilines is 1. The molecule has 0 aliphatic heterocycles. The van der Waals surface area contributed by atoms with Crippen LogP contribution in [0.1, 0.15) is 13.8 Å². The minimum Gasteiger partial charge on any atom is -0.492 e. The number of benzene rings is 2. The van der Waals surface area contributed by atoms with Gasteiger partial charge in [-0.15, -0.1) is 0 Å². The predicted molar refractivity (Wildman–Crippen MR) is 108 cm³/mol. The van der Waals surface area contributed by atoms with Crippen molar-refractivity contribution in [1.82, 2.24) is 4.90 Å². The molecule has 0 spiro atoms. The van der Waals surface area contributed by atoms with Gasteiger partial charge in [-0.1, -0.05) is 29.8 Å². The summed E-state index contributed by atoms with van der Waals surface area (Å²) in [5.41, 5.74) is 0.713. The van der Waals surface area contributed by atoms with E-state index in [4.69, 9.17) is 9.47 Å². The summed E-state index contributed by atoms with van der Waals surface area (Å²) in [6, 6.07) is 14.7. The highest BCUT2D eigenvalue weighted by Crippen LogP contribution is 2.17. The normalized spacial score (nSPS) is 10.6. The first-order valence-corrected chi connectivity index (χ1v) is 9.53. The van der Waals surface area contributed by atoms with E-state index in [1.165, 1.54) is 0 Å². The molecule has 5 nitrogen and oxygen atoms in total. The lowest BCUT2D eigenvalue weighted by molar-refractivity contribution is -0.118. The molecule has 6 heteroatoms. The molecule has 0 aliphatic carbocycles. The fourth-order valence-corrected chi connectivity index (χ4v) is 2.61. The van der Waals surface area contributed by atoms with E-state index in [0.717, 1.165) is 29.9 Å². The van der Waals surface area contributed by atoms with Gasteiger partial charge in [-0.25, -0.2) is 0 Å². The molecule has 0 unspecified atom stereocenters. The van der Waals surface area contributed by atoms with Crippen LogP contribution in [0.5, 0.6) is 11.5 Å².